The van der Waals surface area contributed by atoms with Crippen LogP contribution >= 0.6 is 0 Å². The number of rotatable bonds is 7. The van der Waals surface area contributed by atoms with Gasteiger partial charge in [-0.05, 0) is 37.8 Å². The van der Waals surface area contributed by atoms with Crippen LogP contribution in [0.3, 0.4) is 0 Å². The number of sulfonamides is 1. The molecule has 3 amide bonds. The van der Waals surface area contributed by atoms with Crippen molar-refractivity contribution in [2.75, 3.05) is 18.4 Å². The van der Waals surface area contributed by atoms with E-state index in [-0.39, 0.29) is 12.2 Å². The van der Waals surface area contributed by atoms with Crippen molar-refractivity contribution in [3.05, 3.63) is 47.5 Å². The van der Waals surface area contributed by atoms with E-state index in [1.807, 2.05) is 0 Å². The molecule has 1 aliphatic carbocycles. The molecule has 2 aromatic rings. The zero-order chi connectivity index (χ0) is 29.8. The molecule has 1 aromatic heterocycles. The Kier molecular flexibility index (Phi) is 9.56. The van der Waals surface area contributed by atoms with Crippen LogP contribution in [0.4, 0.5) is 27.6 Å². The average Bonchev–Trinajstić information content (AvgIpc) is 3.14. The minimum atomic E-state index is -4.84. The number of amides is 3. The first-order valence-corrected chi connectivity index (χ1v) is 13.6. The minimum absolute atomic E-state index is 0.128. The lowest BCUT2D eigenvalue weighted by atomic mass is 9.94. The molecule has 1 saturated carbocycles. The number of halogens is 5. The fourth-order valence-electron chi connectivity index (χ4n) is 4.06. The van der Waals surface area contributed by atoms with Crippen LogP contribution in [-0.2, 0) is 26.7 Å². The molecule has 220 valence electrons. The van der Waals surface area contributed by atoms with Gasteiger partial charge in [0.1, 0.15) is 10.6 Å². The van der Waals surface area contributed by atoms with Crippen LogP contribution < -0.4 is 15.4 Å². The summed E-state index contributed by atoms with van der Waals surface area (Å²) in [5, 5.41) is 4.80. The average molecular weight is 594 g/mol. The summed E-state index contributed by atoms with van der Waals surface area (Å²) in [6.45, 7) is -0.0290. The molecule has 2 heterocycles. The maximum atomic E-state index is 14.9. The topological polar surface area (TPSA) is 130 Å². The number of hydrogen-bond acceptors (Lipinski definition) is 5. The van der Waals surface area contributed by atoms with Crippen molar-refractivity contribution in [1.82, 2.24) is 19.5 Å². The number of piperidine rings is 1. The zero-order valence-electron chi connectivity index (χ0n) is 21.5. The fourth-order valence-corrected chi connectivity index (χ4v) is 5.48. The molecule has 1 saturated heterocycles. The van der Waals surface area contributed by atoms with Gasteiger partial charge in [0.15, 0.2) is 17.5 Å². The summed E-state index contributed by atoms with van der Waals surface area (Å²) in [7, 11) is -3.70. The van der Waals surface area contributed by atoms with Crippen molar-refractivity contribution in [1.29, 1.82) is 0 Å². The highest BCUT2D eigenvalue weighted by atomic mass is 32.2. The highest BCUT2D eigenvalue weighted by Crippen LogP contribution is 2.30. The summed E-state index contributed by atoms with van der Waals surface area (Å²) in [5.74, 6) is -9.36. The minimum Gasteiger partial charge on any atom is -0.356 e. The van der Waals surface area contributed by atoms with Gasteiger partial charge in [-0.15, -0.1) is 0 Å². The van der Waals surface area contributed by atoms with E-state index in [2.05, 4.69) is 10.6 Å². The molecule has 0 spiro atoms. The Morgan fingerprint density at radius 1 is 1.10 bits per heavy atom. The Morgan fingerprint density at radius 3 is 2.27 bits per heavy atom. The van der Waals surface area contributed by atoms with Crippen molar-refractivity contribution >= 4 is 33.9 Å². The third-order valence-electron chi connectivity index (χ3n) is 6.52. The second-order valence-corrected chi connectivity index (χ2v) is 11.1. The maximum Gasteiger partial charge on any atom is 0.281 e. The molecule has 1 atom stereocenters. The number of benzene rings is 1. The van der Waals surface area contributed by atoms with Crippen LogP contribution in [0.5, 0.6) is 0 Å². The number of alkyl halides is 2. The predicted octanol–water partition coefficient (Wildman–Crippen LogP) is 2.51. The molecule has 2 fully saturated rings. The fraction of sp³-hybridized carbons (Fsp3) is 0.458. The third kappa shape index (κ3) is 7.15. The van der Waals surface area contributed by atoms with E-state index in [4.69, 9.17) is 0 Å². The van der Waals surface area contributed by atoms with Crippen molar-refractivity contribution < 1.29 is 44.8 Å². The monoisotopic (exact) mass is 593 g/mol. The van der Waals surface area contributed by atoms with Gasteiger partial charge in [-0.2, -0.15) is 0 Å². The van der Waals surface area contributed by atoms with E-state index >= 15 is 0 Å². The van der Waals surface area contributed by atoms with Crippen molar-refractivity contribution in [2.45, 2.75) is 55.5 Å². The van der Waals surface area contributed by atoms with Crippen LogP contribution in [-0.4, -0.2) is 67.2 Å². The van der Waals surface area contributed by atoms with E-state index < -0.39 is 74.8 Å². The summed E-state index contributed by atoms with van der Waals surface area (Å²) >= 11 is 0. The number of hydrogen-bond donors (Lipinski definition) is 3. The third-order valence-corrected chi connectivity index (χ3v) is 7.98. The molecule has 1 aromatic carbocycles. The SMILES string of the molecule is CC(=O)N1CCC(NS(=O)(=O)c2cn(C)c(C(=O)Nc3ccc(F)c(F)c3)c2F)C(F)(F)C1.O=CNC1CCC1. The number of carbonyl (C=O) groups is 3. The van der Waals surface area contributed by atoms with Crippen molar-refractivity contribution in [2.24, 2.45) is 7.05 Å². The zero-order valence-corrected chi connectivity index (χ0v) is 22.3. The Labute approximate surface area is 226 Å². The number of nitrogens with zero attached hydrogens (tertiary/aromatic N) is 2. The number of aryl methyl sites for hydroxylation is 1. The summed E-state index contributed by atoms with van der Waals surface area (Å²) in [6.07, 6.45) is 4.73. The molecule has 4 rings (SSSR count). The predicted molar refractivity (Wildman–Crippen MR) is 132 cm³/mol. The molecule has 0 radical (unpaired) electrons. The highest BCUT2D eigenvalue weighted by molar-refractivity contribution is 7.89. The van der Waals surface area contributed by atoms with Crippen molar-refractivity contribution in [3.8, 4) is 0 Å². The van der Waals surface area contributed by atoms with Crippen LogP contribution in [0.15, 0.2) is 29.3 Å². The molecule has 10 nitrogen and oxygen atoms in total. The second-order valence-electron chi connectivity index (χ2n) is 9.43. The molecule has 3 N–H and O–H groups in total. The van der Waals surface area contributed by atoms with Gasteiger partial charge in [-0.3, -0.25) is 14.4 Å². The largest absolute Gasteiger partial charge is 0.356 e. The lowest BCUT2D eigenvalue weighted by Crippen LogP contribution is -2.59. The van der Waals surface area contributed by atoms with Gasteiger partial charge >= 0.3 is 0 Å². The number of carbonyl (C=O) groups excluding carboxylic acids is 3. The van der Waals surface area contributed by atoms with Gasteiger partial charge in [0.25, 0.3) is 11.8 Å². The highest BCUT2D eigenvalue weighted by Gasteiger charge is 2.47. The summed E-state index contributed by atoms with van der Waals surface area (Å²) in [4.78, 5) is 33.3. The van der Waals surface area contributed by atoms with E-state index in [0.29, 0.717) is 12.1 Å². The van der Waals surface area contributed by atoms with Gasteiger partial charge in [0.05, 0.1) is 12.6 Å². The molecule has 16 heteroatoms. The van der Waals surface area contributed by atoms with Crippen LogP contribution in [0.2, 0.25) is 0 Å². The lowest BCUT2D eigenvalue weighted by Gasteiger charge is -2.37. The Bertz CT molecular complexity index is 1380. The van der Waals surface area contributed by atoms with E-state index in [1.54, 1.807) is 4.72 Å². The van der Waals surface area contributed by atoms with Gasteiger partial charge < -0.3 is 20.1 Å². The van der Waals surface area contributed by atoms with E-state index in [9.17, 15) is 44.8 Å². The first-order valence-electron chi connectivity index (χ1n) is 12.1. The molecule has 1 unspecified atom stereocenters. The normalized spacial score (nSPS) is 18.7. The van der Waals surface area contributed by atoms with Gasteiger partial charge in [-0.25, -0.2) is 35.1 Å². The molecular formula is C24H28F5N5O5S. The Hall–Kier alpha value is -3.53. The molecule has 0 bridgehead atoms. The number of anilines is 1. The number of nitrogens with one attached hydrogen (secondary N) is 3. The van der Waals surface area contributed by atoms with E-state index in [1.165, 1.54) is 19.3 Å². The molecule has 40 heavy (non-hydrogen) atoms. The maximum absolute atomic E-state index is 14.9. The number of aromatic nitrogens is 1. The summed E-state index contributed by atoms with van der Waals surface area (Å²) in [6, 6.07) is 0.980. The molecule has 2 aliphatic rings. The van der Waals surface area contributed by atoms with Gasteiger partial charge in [0, 0.05) is 44.5 Å². The summed E-state index contributed by atoms with van der Waals surface area (Å²) in [5.41, 5.74) is -1.00. The first-order chi connectivity index (χ1) is 18.7. The molecule has 1 aliphatic heterocycles. The van der Waals surface area contributed by atoms with Crippen molar-refractivity contribution in [3.63, 3.8) is 0 Å². The van der Waals surface area contributed by atoms with Gasteiger partial charge in [-0.1, -0.05) is 0 Å². The Balaban J connectivity index is 0.000000547. The smallest absolute Gasteiger partial charge is 0.281 e. The first kappa shape index (κ1) is 31.0. The van der Waals surface area contributed by atoms with Crippen LogP contribution in [0.25, 0.3) is 0 Å². The van der Waals surface area contributed by atoms with Crippen LogP contribution in [0.1, 0.15) is 43.1 Å². The quantitative estimate of drug-likeness (QED) is 0.336. The lowest BCUT2D eigenvalue weighted by molar-refractivity contribution is -0.142. The second kappa shape index (κ2) is 12.3. The number of likely N-dealkylation sites (tertiary alicyclic amines) is 1. The standard InChI is InChI=1S/C19H19F5N4O4S.C5H9NO/c1-10(29)28-6-5-15(19(23,24)9-28)26-33(31,32)14-8-27(2)17(16(14)22)18(30)25-11-3-4-12(20)13(21)7-11;7-4-6-5-2-1-3-5/h3-4,7-8,15,26H,5-6,9H2,1-2H3,(H,25,30);4-5H,1-3H2,(H,6,7). The summed E-state index contributed by atoms with van der Waals surface area (Å²) < 4.78 is 98.0. The van der Waals surface area contributed by atoms with Crippen LogP contribution in [0, 0.1) is 17.5 Å². The Morgan fingerprint density at radius 2 is 1.77 bits per heavy atom. The molecular weight excluding hydrogens is 565 g/mol. The van der Waals surface area contributed by atoms with Gasteiger partial charge in [0.2, 0.25) is 22.3 Å². The van der Waals surface area contributed by atoms with E-state index in [0.717, 1.165) is 48.2 Å².